The predicted octanol–water partition coefficient (Wildman–Crippen LogP) is 0.775. The number of aliphatic hydroxyl groups excluding tert-OH is 1. The van der Waals surface area contributed by atoms with Gasteiger partial charge < -0.3 is 20.3 Å². The zero-order valence-electron chi connectivity index (χ0n) is 9.43. The van der Waals surface area contributed by atoms with Gasteiger partial charge in [-0.05, 0) is 19.1 Å². The first-order valence-corrected chi connectivity index (χ1v) is 5.02. The molecule has 0 saturated carbocycles. The van der Waals surface area contributed by atoms with E-state index in [1.54, 1.807) is 21.1 Å². The average molecular weight is 213 g/mol. The molecule has 0 heterocycles. The quantitative estimate of drug-likeness (QED) is 0.724. The van der Waals surface area contributed by atoms with Crippen molar-refractivity contribution in [2.75, 3.05) is 14.2 Å². The Morgan fingerprint density at radius 3 is 2.53 bits per heavy atom. The van der Waals surface area contributed by atoms with Gasteiger partial charge >= 0.3 is 0 Å². The van der Waals surface area contributed by atoms with E-state index in [1.165, 1.54) is 0 Å². The number of methoxy groups -OCH3 is 2. The lowest BCUT2D eigenvalue weighted by Gasteiger charge is -2.29. The van der Waals surface area contributed by atoms with Crippen LogP contribution in [0.25, 0.3) is 0 Å². The lowest BCUT2D eigenvalue weighted by molar-refractivity contribution is 0.0635. The maximum absolute atomic E-state index is 9.94. The summed E-state index contributed by atoms with van der Waals surface area (Å²) in [7, 11) is 3.21. The Morgan fingerprint density at radius 1 is 1.40 bits per heavy atom. The Balaban J connectivity index is 2.81. The summed E-state index contributed by atoms with van der Waals surface area (Å²) >= 11 is 0. The van der Waals surface area contributed by atoms with Crippen molar-refractivity contribution in [3.8, 4) is 0 Å². The molecule has 0 aromatic carbocycles. The minimum absolute atomic E-state index is 0.116. The third kappa shape index (κ3) is 2.73. The average Bonchev–Trinajstić information content (AvgIpc) is 2.27. The highest BCUT2D eigenvalue weighted by atomic mass is 16.5. The number of nitrogens with two attached hydrogens (primary N) is 1. The van der Waals surface area contributed by atoms with E-state index < -0.39 is 6.10 Å². The van der Waals surface area contributed by atoms with Crippen molar-refractivity contribution in [2.24, 2.45) is 11.7 Å². The van der Waals surface area contributed by atoms with E-state index in [-0.39, 0.29) is 12.0 Å². The Hall–Kier alpha value is -1.00. The molecule has 0 saturated heterocycles. The second-order valence-corrected chi connectivity index (χ2v) is 3.77. The van der Waals surface area contributed by atoms with Gasteiger partial charge in [0.25, 0.3) is 0 Å². The van der Waals surface area contributed by atoms with Gasteiger partial charge in [-0.1, -0.05) is 0 Å². The number of allylic oxidation sites excluding steroid dienone is 3. The molecule has 0 aromatic rings. The van der Waals surface area contributed by atoms with E-state index in [2.05, 4.69) is 0 Å². The highest BCUT2D eigenvalue weighted by Crippen LogP contribution is 2.29. The molecule has 15 heavy (non-hydrogen) atoms. The number of rotatable bonds is 4. The van der Waals surface area contributed by atoms with E-state index in [1.807, 2.05) is 12.2 Å². The van der Waals surface area contributed by atoms with Gasteiger partial charge in [-0.3, -0.25) is 0 Å². The molecule has 86 valence electrons. The van der Waals surface area contributed by atoms with Gasteiger partial charge in [-0.2, -0.15) is 0 Å². The monoisotopic (exact) mass is 213 g/mol. The Bertz CT molecular complexity index is 271. The molecule has 0 bridgehead atoms. The van der Waals surface area contributed by atoms with Crippen molar-refractivity contribution >= 4 is 0 Å². The summed E-state index contributed by atoms with van der Waals surface area (Å²) in [6, 6.07) is -0.287. The van der Waals surface area contributed by atoms with Crippen LogP contribution in [-0.4, -0.2) is 31.5 Å². The summed E-state index contributed by atoms with van der Waals surface area (Å²) < 4.78 is 10.4. The van der Waals surface area contributed by atoms with E-state index in [4.69, 9.17) is 15.2 Å². The van der Waals surface area contributed by atoms with E-state index in [0.29, 0.717) is 6.42 Å². The summed E-state index contributed by atoms with van der Waals surface area (Å²) in [5, 5.41) is 9.94. The molecule has 1 aliphatic rings. The third-order valence-corrected chi connectivity index (χ3v) is 2.67. The summed E-state index contributed by atoms with van der Waals surface area (Å²) in [5.41, 5.74) is 5.68. The minimum Gasteiger partial charge on any atom is -0.501 e. The van der Waals surface area contributed by atoms with Crippen molar-refractivity contribution in [3.05, 3.63) is 23.7 Å². The van der Waals surface area contributed by atoms with Crippen molar-refractivity contribution in [1.82, 2.24) is 0 Å². The largest absolute Gasteiger partial charge is 0.501 e. The fourth-order valence-corrected chi connectivity index (χ4v) is 1.71. The standard InChI is InChI=1S/C11H19NO3/c1-7(12)11(13)9-6-8(14-2)4-5-10(9)15-3/h4-5,7,9,11,13H,6,12H2,1-3H3. The Labute approximate surface area is 90.4 Å². The molecule has 0 aromatic heterocycles. The molecule has 3 N–H and O–H groups in total. The topological polar surface area (TPSA) is 64.7 Å². The molecule has 0 spiro atoms. The van der Waals surface area contributed by atoms with Crippen LogP contribution in [0.3, 0.4) is 0 Å². The lowest BCUT2D eigenvalue weighted by atomic mass is 9.88. The molecule has 3 atom stereocenters. The zero-order valence-corrected chi connectivity index (χ0v) is 9.43. The van der Waals surface area contributed by atoms with Crippen LogP contribution in [0, 0.1) is 5.92 Å². The van der Waals surface area contributed by atoms with Crippen LogP contribution in [0.5, 0.6) is 0 Å². The second-order valence-electron chi connectivity index (χ2n) is 3.77. The van der Waals surface area contributed by atoms with E-state index >= 15 is 0 Å². The normalized spacial score (nSPS) is 25.0. The van der Waals surface area contributed by atoms with Crippen LogP contribution in [0.4, 0.5) is 0 Å². The predicted molar refractivity (Wildman–Crippen MR) is 57.9 cm³/mol. The van der Waals surface area contributed by atoms with Crippen LogP contribution in [0.15, 0.2) is 23.7 Å². The van der Waals surface area contributed by atoms with E-state index in [0.717, 1.165) is 11.5 Å². The summed E-state index contributed by atoms with van der Waals surface area (Å²) in [6.07, 6.45) is 3.68. The molecule has 0 radical (unpaired) electrons. The first-order valence-electron chi connectivity index (χ1n) is 5.02. The van der Waals surface area contributed by atoms with Crippen molar-refractivity contribution in [2.45, 2.75) is 25.5 Å². The van der Waals surface area contributed by atoms with Crippen molar-refractivity contribution in [1.29, 1.82) is 0 Å². The minimum atomic E-state index is -0.616. The maximum atomic E-state index is 9.94. The van der Waals surface area contributed by atoms with Crippen LogP contribution in [0.2, 0.25) is 0 Å². The fourth-order valence-electron chi connectivity index (χ4n) is 1.71. The van der Waals surface area contributed by atoms with E-state index in [9.17, 15) is 5.11 Å². The molecule has 0 aliphatic heterocycles. The molecule has 4 nitrogen and oxygen atoms in total. The molecule has 3 unspecified atom stereocenters. The fraction of sp³-hybridized carbons (Fsp3) is 0.636. The third-order valence-electron chi connectivity index (χ3n) is 2.67. The molecular weight excluding hydrogens is 194 g/mol. The van der Waals surface area contributed by atoms with Crippen molar-refractivity contribution in [3.63, 3.8) is 0 Å². The van der Waals surface area contributed by atoms with Crippen LogP contribution < -0.4 is 5.73 Å². The van der Waals surface area contributed by atoms with Gasteiger partial charge in [0.15, 0.2) is 0 Å². The zero-order chi connectivity index (χ0) is 11.4. The highest BCUT2D eigenvalue weighted by Gasteiger charge is 2.30. The Morgan fingerprint density at radius 2 is 2.07 bits per heavy atom. The van der Waals surface area contributed by atoms with Gasteiger partial charge in [-0.25, -0.2) is 0 Å². The summed E-state index contributed by atoms with van der Waals surface area (Å²) in [6.45, 7) is 1.78. The SMILES string of the molecule is COC1=CC=C(OC)C(C(O)C(C)N)C1. The number of hydrogen-bond acceptors (Lipinski definition) is 4. The maximum Gasteiger partial charge on any atom is 0.102 e. The Kier molecular flexibility index (Phi) is 4.17. The second kappa shape index (κ2) is 5.19. The summed E-state index contributed by atoms with van der Waals surface area (Å²) in [4.78, 5) is 0. The van der Waals surface area contributed by atoms with Gasteiger partial charge in [0.2, 0.25) is 0 Å². The number of ether oxygens (including phenoxy) is 2. The van der Waals surface area contributed by atoms with Crippen LogP contribution in [-0.2, 0) is 9.47 Å². The molecule has 0 amide bonds. The van der Waals surface area contributed by atoms with Gasteiger partial charge in [0.05, 0.1) is 32.0 Å². The van der Waals surface area contributed by atoms with Crippen molar-refractivity contribution < 1.29 is 14.6 Å². The first-order chi connectivity index (χ1) is 7.10. The first kappa shape index (κ1) is 12.1. The molecule has 0 fully saturated rings. The molecule has 1 aliphatic carbocycles. The van der Waals surface area contributed by atoms with Crippen LogP contribution >= 0.6 is 0 Å². The lowest BCUT2D eigenvalue weighted by Crippen LogP contribution is -2.39. The van der Waals surface area contributed by atoms with Gasteiger partial charge in [0, 0.05) is 12.5 Å². The number of aliphatic hydroxyl groups is 1. The molecule has 4 heteroatoms. The molecule has 1 rings (SSSR count). The smallest absolute Gasteiger partial charge is 0.102 e. The number of hydrogen-bond donors (Lipinski definition) is 2. The summed E-state index contributed by atoms with van der Waals surface area (Å²) in [5.74, 6) is 1.47. The van der Waals surface area contributed by atoms with Gasteiger partial charge in [-0.15, -0.1) is 0 Å². The molecular formula is C11H19NO3. The van der Waals surface area contributed by atoms with Crippen LogP contribution in [0.1, 0.15) is 13.3 Å². The van der Waals surface area contributed by atoms with Gasteiger partial charge in [0.1, 0.15) is 5.76 Å². The highest BCUT2D eigenvalue weighted by molar-refractivity contribution is 5.21.